The molecule has 0 aliphatic heterocycles. The van der Waals surface area contributed by atoms with Crippen molar-refractivity contribution in [2.24, 2.45) is 0 Å². The molecule has 2 N–H and O–H groups in total. The van der Waals surface area contributed by atoms with E-state index in [1.807, 2.05) is 25.2 Å². The molecule has 0 aliphatic rings. The molecule has 3 heteroatoms. The Hall–Kier alpha value is -1.61. The zero-order valence-corrected chi connectivity index (χ0v) is 9.53. The topological polar surface area (TPSA) is 40.7 Å². The molecule has 0 saturated carbocycles. The Labute approximate surface area is 95.9 Å². The number of aromatic nitrogens is 2. The van der Waals surface area contributed by atoms with Gasteiger partial charge < -0.3 is 5.32 Å². The smallest absolute Gasteiger partial charge is 0.0923 e. The maximum absolute atomic E-state index is 4.32. The summed E-state index contributed by atoms with van der Waals surface area (Å²) in [4.78, 5) is 0. The van der Waals surface area contributed by atoms with E-state index in [0.717, 1.165) is 25.1 Å². The second kappa shape index (κ2) is 5.47. The highest BCUT2D eigenvalue weighted by Crippen LogP contribution is 2.17. The van der Waals surface area contributed by atoms with Crippen molar-refractivity contribution >= 4 is 0 Å². The van der Waals surface area contributed by atoms with Crippen LogP contribution in [0.25, 0.3) is 11.3 Å². The van der Waals surface area contributed by atoms with Crippen LogP contribution in [0.3, 0.4) is 0 Å². The van der Waals surface area contributed by atoms with Gasteiger partial charge in [0.2, 0.25) is 0 Å². The van der Waals surface area contributed by atoms with E-state index >= 15 is 0 Å². The third kappa shape index (κ3) is 2.70. The van der Waals surface area contributed by atoms with E-state index in [1.54, 1.807) is 0 Å². The summed E-state index contributed by atoms with van der Waals surface area (Å²) in [6.07, 6.45) is 2.17. The van der Waals surface area contributed by atoms with Crippen molar-refractivity contribution in [1.29, 1.82) is 0 Å². The maximum Gasteiger partial charge on any atom is 0.0923 e. The van der Waals surface area contributed by atoms with Crippen LogP contribution in [0.15, 0.2) is 36.4 Å². The summed E-state index contributed by atoms with van der Waals surface area (Å²) in [6, 6.07) is 12.4. The number of aromatic amines is 1. The molecule has 3 nitrogen and oxygen atoms in total. The van der Waals surface area contributed by atoms with Crippen molar-refractivity contribution in [2.75, 3.05) is 13.6 Å². The van der Waals surface area contributed by atoms with Gasteiger partial charge in [-0.15, -0.1) is 0 Å². The number of H-pyrrole nitrogens is 1. The van der Waals surface area contributed by atoms with Gasteiger partial charge in [-0.25, -0.2) is 0 Å². The first-order chi connectivity index (χ1) is 7.90. The summed E-state index contributed by atoms with van der Waals surface area (Å²) in [5.41, 5.74) is 3.40. The monoisotopic (exact) mass is 215 g/mol. The molecule has 0 unspecified atom stereocenters. The Morgan fingerprint density at radius 2 is 2.06 bits per heavy atom. The molecule has 0 bridgehead atoms. The fourth-order valence-electron chi connectivity index (χ4n) is 1.70. The van der Waals surface area contributed by atoms with Crippen molar-refractivity contribution in [3.8, 4) is 11.3 Å². The predicted octanol–water partition coefficient (Wildman–Crippen LogP) is 2.23. The Balaban J connectivity index is 2.02. The number of hydrogen-bond acceptors (Lipinski definition) is 2. The second-order valence-electron chi connectivity index (χ2n) is 3.85. The highest BCUT2D eigenvalue weighted by atomic mass is 15.1. The van der Waals surface area contributed by atoms with E-state index < -0.39 is 0 Å². The average molecular weight is 215 g/mol. The van der Waals surface area contributed by atoms with Gasteiger partial charge in [-0.2, -0.15) is 5.10 Å². The molecule has 1 aromatic heterocycles. The highest BCUT2D eigenvalue weighted by Gasteiger charge is 2.02. The van der Waals surface area contributed by atoms with Gasteiger partial charge in [-0.05, 0) is 32.5 Å². The standard InChI is InChI=1S/C13H17N3/c1-14-9-5-8-12-10-13(16-15-12)11-6-3-2-4-7-11/h2-4,6-7,10,14H,5,8-9H2,1H3,(H,15,16). The van der Waals surface area contributed by atoms with E-state index in [9.17, 15) is 0 Å². The molecule has 0 spiro atoms. The largest absolute Gasteiger partial charge is 0.320 e. The fraction of sp³-hybridized carbons (Fsp3) is 0.308. The minimum Gasteiger partial charge on any atom is -0.320 e. The van der Waals surface area contributed by atoms with Crippen molar-refractivity contribution in [2.45, 2.75) is 12.8 Å². The van der Waals surface area contributed by atoms with Gasteiger partial charge in [0.1, 0.15) is 0 Å². The second-order valence-corrected chi connectivity index (χ2v) is 3.85. The summed E-state index contributed by atoms with van der Waals surface area (Å²) < 4.78 is 0. The molecule has 0 fully saturated rings. The minimum absolute atomic E-state index is 1.03. The molecule has 2 aromatic rings. The first-order valence-electron chi connectivity index (χ1n) is 5.64. The van der Waals surface area contributed by atoms with E-state index in [1.165, 1.54) is 11.3 Å². The Bertz CT molecular complexity index is 420. The lowest BCUT2D eigenvalue weighted by molar-refractivity contribution is 0.713. The van der Waals surface area contributed by atoms with Crippen molar-refractivity contribution in [1.82, 2.24) is 15.5 Å². The van der Waals surface area contributed by atoms with Gasteiger partial charge in [0.05, 0.1) is 5.69 Å². The Morgan fingerprint density at radius 3 is 2.81 bits per heavy atom. The summed E-state index contributed by atoms with van der Waals surface area (Å²) in [7, 11) is 1.97. The quantitative estimate of drug-likeness (QED) is 0.751. The van der Waals surface area contributed by atoms with Crippen LogP contribution < -0.4 is 5.32 Å². The van der Waals surface area contributed by atoms with Gasteiger partial charge >= 0.3 is 0 Å². The number of rotatable bonds is 5. The molecule has 0 radical (unpaired) electrons. The summed E-state index contributed by atoms with van der Waals surface area (Å²) in [5, 5.41) is 10.5. The van der Waals surface area contributed by atoms with Gasteiger partial charge in [0.25, 0.3) is 0 Å². The normalized spacial score (nSPS) is 10.6. The van der Waals surface area contributed by atoms with Gasteiger partial charge in [-0.1, -0.05) is 30.3 Å². The van der Waals surface area contributed by atoms with Crippen molar-refractivity contribution in [3.63, 3.8) is 0 Å². The first kappa shape index (κ1) is 10.9. The summed E-state index contributed by atoms with van der Waals surface area (Å²) in [6.45, 7) is 1.04. The molecule has 1 heterocycles. The van der Waals surface area contributed by atoms with Crippen LogP contribution in [0.1, 0.15) is 12.1 Å². The number of nitrogens with zero attached hydrogens (tertiary/aromatic N) is 1. The molecule has 0 saturated heterocycles. The lowest BCUT2D eigenvalue weighted by Crippen LogP contribution is -2.08. The van der Waals surface area contributed by atoms with Crippen LogP contribution in [0.4, 0.5) is 0 Å². The molecule has 1 aromatic carbocycles. The van der Waals surface area contributed by atoms with Crippen LogP contribution in [0.2, 0.25) is 0 Å². The van der Waals surface area contributed by atoms with E-state index in [-0.39, 0.29) is 0 Å². The van der Waals surface area contributed by atoms with Crippen LogP contribution in [-0.4, -0.2) is 23.8 Å². The zero-order valence-electron chi connectivity index (χ0n) is 9.53. The van der Waals surface area contributed by atoms with Crippen LogP contribution in [0.5, 0.6) is 0 Å². The van der Waals surface area contributed by atoms with E-state index in [4.69, 9.17) is 0 Å². The SMILES string of the molecule is CNCCCc1cc(-c2ccccc2)n[nH]1. The molecule has 0 aliphatic carbocycles. The number of hydrogen-bond donors (Lipinski definition) is 2. The summed E-state index contributed by atoms with van der Waals surface area (Å²) in [5.74, 6) is 0. The number of nitrogens with one attached hydrogen (secondary N) is 2. The number of benzene rings is 1. The van der Waals surface area contributed by atoms with Gasteiger partial charge in [0, 0.05) is 11.3 Å². The third-order valence-corrected chi connectivity index (χ3v) is 2.57. The predicted molar refractivity (Wildman–Crippen MR) is 66.3 cm³/mol. The summed E-state index contributed by atoms with van der Waals surface area (Å²) >= 11 is 0. The Morgan fingerprint density at radius 1 is 1.25 bits per heavy atom. The molecule has 16 heavy (non-hydrogen) atoms. The van der Waals surface area contributed by atoms with Gasteiger partial charge in [-0.3, -0.25) is 5.10 Å². The van der Waals surface area contributed by atoms with Gasteiger partial charge in [0.15, 0.2) is 0 Å². The molecule has 0 atom stereocenters. The average Bonchev–Trinajstić information content (AvgIpc) is 2.79. The zero-order chi connectivity index (χ0) is 11.2. The lowest BCUT2D eigenvalue weighted by atomic mass is 10.1. The molecular formula is C13H17N3. The highest BCUT2D eigenvalue weighted by molar-refractivity contribution is 5.58. The third-order valence-electron chi connectivity index (χ3n) is 2.57. The van der Waals surface area contributed by atoms with E-state index in [0.29, 0.717) is 0 Å². The molecular weight excluding hydrogens is 198 g/mol. The maximum atomic E-state index is 4.32. The van der Waals surface area contributed by atoms with Crippen LogP contribution in [-0.2, 0) is 6.42 Å². The molecule has 0 amide bonds. The molecule has 2 rings (SSSR count). The van der Waals surface area contributed by atoms with Crippen molar-refractivity contribution in [3.05, 3.63) is 42.1 Å². The molecule has 84 valence electrons. The fourth-order valence-corrected chi connectivity index (χ4v) is 1.70. The lowest BCUT2D eigenvalue weighted by Gasteiger charge is -1.96. The van der Waals surface area contributed by atoms with Crippen molar-refractivity contribution < 1.29 is 0 Å². The first-order valence-corrected chi connectivity index (χ1v) is 5.64. The minimum atomic E-state index is 1.03. The van der Waals surface area contributed by atoms with Crippen LogP contribution in [0, 0.1) is 0 Å². The number of aryl methyl sites for hydroxylation is 1. The Kier molecular flexibility index (Phi) is 3.72. The van der Waals surface area contributed by atoms with E-state index in [2.05, 4.69) is 33.7 Å². The van der Waals surface area contributed by atoms with Crippen LogP contribution >= 0.6 is 0 Å².